The van der Waals surface area contributed by atoms with Gasteiger partial charge < -0.3 is 5.73 Å². The molecule has 0 saturated heterocycles. The van der Waals surface area contributed by atoms with E-state index >= 15 is 0 Å². The fraction of sp³-hybridized carbons (Fsp3) is 0.375. The van der Waals surface area contributed by atoms with Gasteiger partial charge in [-0.15, -0.1) is 0 Å². The van der Waals surface area contributed by atoms with E-state index in [-0.39, 0.29) is 11.7 Å². The summed E-state index contributed by atoms with van der Waals surface area (Å²) in [6.07, 6.45) is 2.85. The molecule has 0 bridgehead atoms. The number of nitrogens with two attached hydrogens (primary N) is 1. The van der Waals surface area contributed by atoms with E-state index in [0.29, 0.717) is 23.7 Å². The smallest absolute Gasteiger partial charge is 0.182 e. The average Bonchev–Trinajstić information content (AvgIpc) is 2.81. The predicted octanol–water partition coefficient (Wildman–Crippen LogP) is 3.91. The predicted molar refractivity (Wildman–Crippen MR) is 85.7 cm³/mol. The Morgan fingerprint density at radius 3 is 2.67 bits per heavy atom. The first-order chi connectivity index (χ1) is 10.0. The van der Waals surface area contributed by atoms with Crippen LogP contribution in [0, 0.1) is 0 Å². The third kappa shape index (κ3) is 3.64. The number of anilines is 1. The molecule has 0 aliphatic carbocycles. The maximum atomic E-state index is 12.5. The van der Waals surface area contributed by atoms with Gasteiger partial charge >= 0.3 is 0 Å². The van der Waals surface area contributed by atoms with Gasteiger partial charge in [0.1, 0.15) is 5.69 Å². The summed E-state index contributed by atoms with van der Waals surface area (Å²) in [6, 6.07) is 7.62. The van der Waals surface area contributed by atoms with Crippen molar-refractivity contribution in [2.75, 3.05) is 5.73 Å². The van der Waals surface area contributed by atoms with Crippen LogP contribution in [0.4, 0.5) is 5.69 Å². The molecule has 5 heteroatoms. The number of aryl methyl sites for hydroxylation is 1. The minimum atomic E-state index is 0.0234. The maximum absolute atomic E-state index is 12.5. The van der Waals surface area contributed by atoms with E-state index in [2.05, 4.69) is 5.10 Å². The van der Waals surface area contributed by atoms with Crippen molar-refractivity contribution < 1.29 is 4.79 Å². The average molecular weight is 306 g/mol. The Hall–Kier alpha value is -1.81. The first kappa shape index (κ1) is 15.6. The van der Waals surface area contributed by atoms with Crippen molar-refractivity contribution in [1.82, 2.24) is 9.78 Å². The van der Waals surface area contributed by atoms with E-state index in [1.807, 2.05) is 38.1 Å². The topological polar surface area (TPSA) is 60.9 Å². The molecule has 2 N–H and O–H groups in total. The number of halogens is 1. The molecule has 0 aliphatic heterocycles. The Balaban J connectivity index is 2.14. The lowest BCUT2D eigenvalue weighted by Crippen LogP contribution is -2.13. The van der Waals surface area contributed by atoms with Crippen LogP contribution in [-0.2, 0) is 6.54 Å². The third-order valence-electron chi connectivity index (χ3n) is 3.49. The molecule has 21 heavy (non-hydrogen) atoms. The van der Waals surface area contributed by atoms with E-state index in [4.69, 9.17) is 17.3 Å². The van der Waals surface area contributed by atoms with E-state index in [1.165, 1.54) is 0 Å². The second-order valence-corrected chi connectivity index (χ2v) is 5.67. The third-order valence-corrected chi connectivity index (χ3v) is 3.77. The highest BCUT2D eigenvalue weighted by Gasteiger charge is 2.20. The van der Waals surface area contributed by atoms with Gasteiger partial charge in [0.15, 0.2) is 5.78 Å². The second-order valence-electron chi connectivity index (χ2n) is 5.26. The molecule has 0 spiro atoms. The van der Waals surface area contributed by atoms with E-state index < -0.39 is 0 Å². The van der Waals surface area contributed by atoms with Gasteiger partial charge in [-0.25, -0.2) is 0 Å². The van der Waals surface area contributed by atoms with Crippen molar-refractivity contribution >= 4 is 23.1 Å². The summed E-state index contributed by atoms with van der Waals surface area (Å²) in [5.74, 6) is 0.134. The first-order valence-corrected chi connectivity index (χ1v) is 7.50. The first-order valence-electron chi connectivity index (χ1n) is 7.12. The zero-order valence-electron chi connectivity index (χ0n) is 12.3. The second kappa shape index (κ2) is 6.76. The summed E-state index contributed by atoms with van der Waals surface area (Å²) in [4.78, 5) is 12.5. The number of nitrogen functional groups attached to an aromatic ring is 1. The van der Waals surface area contributed by atoms with Gasteiger partial charge in [-0.1, -0.05) is 37.6 Å². The van der Waals surface area contributed by atoms with Crippen LogP contribution >= 0.6 is 11.6 Å². The molecule has 1 aromatic carbocycles. The van der Waals surface area contributed by atoms with Crippen LogP contribution < -0.4 is 5.73 Å². The molecule has 0 radical (unpaired) electrons. The molecule has 0 saturated carbocycles. The molecule has 1 unspecified atom stereocenters. The van der Waals surface area contributed by atoms with Crippen LogP contribution in [0.15, 0.2) is 30.5 Å². The van der Waals surface area contributed by atoms with Crippen molar-refractivity contribution in [2.24, 2.45) is 0 Å². The summed E-state index contributed by atoms with van der Waals surface area (Å²) in [7, 11) is 0. The van der Waals surface area contributed by atoms with Crippen molar-refractivity contribution in [1.29, 1.82) is 0 Å². The van der Waals surface area contributed by atoms with Gasteiger partial charge in [0, 0.05) is 18.7 Å². The van der Waals surface area contributed by atoms with Gasteiger partial charge in [0.2, 0.25) is 0 Å². The molecule has 0 aliphatic rings. The van der Waals surface area contributed by atoms with Crippen LogP contribution in [0.5, 0.6) is 0 Å². The Labute approximate surface area is 129 Å². The lowest BCUT2D eigenvalue weighted by molar-refractivity contribution is 0.0965. The van der Waals surface area contributed by atoms with E-state index in [0.717, 1.165) is 17.7 Å². The fourth-order valence-electron chi connectivity index (χ4n) is 2.34. The molecule has 0 amide bonds. The normalized spacial score (nSPS) is 12.3. The highest BCUT2D eigenvalue weighted by molar-refractivity contribution is 6.33. The van der Waals surface area contributed by atoms with Gasteiger partial charge in [-0.3, -0.25) is 9.48 Å². The van der Waals surface area contributed by atoms with Crippen LogP contribution in [-0.4, -0.2) is 15.6 Å². The highest BCUT2D eigenvalue weighted by Crippen LogP contribution is 2.25. The molecule has 0 fully saturated rings. The lowest BCUT2D eigenvalue weighted by atomic mass is 9.94. The zero-order valence-corrected chi connectivity index (χ0v) is 13.1. The van der Waals surface area contributed by atoms with Gasteiger partial charge in [0.05, 0.1) is 11.2 Å². The summed E-state index contributed by atoms with van der Waals surface area (Å²) >= 11 is 6.11. The molecule has 1 heterocycles. The summed E-state index contributed by atoms with van der Waals surface area (Å²) in [5.41, 5.74) is 8.01. The number of carbonyl (C=O) groups excluding carboxylic acids is 1. The molecule has 112 valence electrons. The SMILES string of the molecule is CCCn1ncc(Cl)c1C(=O)CC(C)c1ccc(N)cc1. The molecule has 4 nitrogen and oxygen atoms in total. The molecular formula is C16H20ClN3O. The molecule has 2 rings (SSSR count). The Bertz CT molecular complexity index is 619. The van der Waals surface area contributed by atoms with E-state index in [9.17, 15) is 4.79 Å². The van der Waals surface area contributed by atoms with Crippen LogP contribution in [0.1, 0.15) is 48.7 Å². The summed E-state index contributed by atoms with van der Waals surface area (Å²) in [6.45, 7) is 4.77. The minimum absolute atomic E-state index is 0.0234. The Morgan fingerprint density at radius 1 is 1.38 bits per heavy atom. The van der Waals surface area contributed by atoms with Gasteiger partial charge in [-0.05, 0) is 30.0 Å². The quantitative estimate of drug-likeness (QED) is 0.650. The lowest BCUT2D eigenvalue weighted by Gasteiger charge is -2.12. The molecule has 1 atom stereocenters. The molecule has 1 aromatic heterocycles. The Morgan fingerprint density at radius 2 is 2.05 bits per heavy atom. The van der Waals surface area contributed by atoms with Gasteiger partial charge in [-0.2, -0.15) is 5.10 Å². The summed E-state index contributed by atoms with van der Waals surface area (Å²) < 4.78 is 1.69. The number of benzene rings is 1. The summed E-state index contributed by atoms with van der Waals surface area (Å²) in [5, 5.41) is 4.59. The zero-order chi connectivity index (χ0) is 15.4. The van der Waals surface area contributed by atoms with Crippen LogP contribution in [0.3, 0.4) is 0 Å². The standard InChI is InChI=1S/C16H20ClN3O/c1-3-8-20-16(14(17)10-19-20)15(21)9-11(2)12-4-6-13(18)7-5-12/h4-7,10-11H,3,8-9,18H2,1-2H3. The van der Waals surface area contributed by atoms with E-state index in [1.54, 1.807) is 10.9 Å². The Kier molecular flexibility index (Phi) is 5.02. The molecular weight excluding hydrogens is 286 g/mol. The van der Waals surface area contributed by atoms with Crippen LogP contribution in [0.2, 0.25) is 5.02 Å². The van der Waals surface area contributed by atoms with Crippen molar-refractivity contribution in [3.05, 3.63) is 46.7 Å². The van der Waals surface area contributed by atoms with Crippen molar-refractivity contribution in [3.63, 3.8) is 0 Å². The number of ketones is 1. The number of carbonyl (C=O) groups is 1. The number of rotatable bonds is 6. The minimum Gasteiger partial charge on any atom is -0.399 e. The monoisotopic (exact) mass is 305 g/mol. The number of hydrogen-bond donors (Lipinski definition) is 1. The number of hydrogen-bond acceptors (Lipinski definition) is 3. The highest BCUT2D eigenvalue weighted by atomic mass is 35.5. The molecule has 2 aromatic rings. The van der Waals surface area contributed by atoms with Gasteiger partial charge in [0.25, 0.3) is 0 Å². The number of Topliss-reactive ketones (excluding diaryl/α,β-unsaturated/α-hetero) is 1. The largest absolute Gasteiger partial charge is 0.399 e. The van der Waals surface area contributed by atoms with Crippen molar-refractivity contribution in [2.45, 2.75) is 39.2 Å². The van der Waals surface area contributed by atoms with Crippen molar-refractivity contribution in [3.8, 4) is 0 Å². The number of nitrogens with zero attached hydrogens (tertiary/aromatic N) is 2. The van der Waals surface area contributed by atoms with Crippen LogP contribution in [0.25, 0.3) is 0 Å². The number of aromatic nitrogens is 2. The fourth-order valence-corrected chi connectivity index (χ4v) is 2.58. The maximum Gasteiger partial charge on any atom is 0.182 e.